The highest BCUT2D eigenvalue weighted by Gasteiger charge is 2.19. The highest BCUT2D eigenvalue weighted by Crippen LogP contribution is 2.35. The molecule has 92 valence electrons. The Kier molecular flexibility index (Phi) is 4.34. The van der Waals surface area contributed by atoms with Gasteiger partial charge in [-0.1, -0.05) is 47.6 Å². The van der Waals surface area contributed by atoms with Gasteiger partial charge in [-0.05, 0) is 40.5 Å². The van der Waals surface area contributed by atoms with E-state index in [1.807, 2.05) is 6.07 Å². The molecule has 0 aliphatic carbocycles. The van der Waals surface area contributed by atoms with E-state index in [0.29, 0.717) is 17.8 Å². The molecule has 0 N–H and O–H groups in total. The molecule has 0 heterocycles. The smallest absolute Gasteiger partial charge is 0.0994 e. The van der Waals surface area contributed by atoms with E-state index in [4.69, 9.17) is 0 Å². The zero-order valence-corrected chi connectivity index (χ0v) is 11.8. The van der Waals surface area contributed by atoms with Crippen molar-refractivity contribution in [2.24, 2.45) is 0 Å². The Bertz CT molecular complexity index is 434. The van der Waals surface area contributed by atoms with E-state index >= 15 is 0 Å². The van der Waals surface area contributed by atoms with Gasteiger partial charge in [-0.2, -0.15) is 5.26 Å². The molecule has 0 aliphatic heterocycles. The van der Waals surface area contributed by atoms with Gasteiger partial charge in [0.15, 0.2) is 0 Å². The van der Waals surface area contributed by atoms with Gasteiger partial charge in [-0.15, -0.1) is 0 Å². The van der Waals surface area contributed by atoms with Crippen LogP contribution in [-0.2, 0) is 0 Å². The van der Waals surface area contributed by atoms with Gasteiger partial charge in [-0.25, -0.2) is 0 Å². The maximum atomic E-state index is 9.25. The standard InChI is InChI=1S/C16H23N/c1-10(2)14-8-7-13(9-17)15(11(3)4)16(14)12(5)6/h7-8,10-12H,1-6H3. The van der Waals surface area contributed by atoms with Crippen molar-refractivity contribution in [1.82, 2.24) is 0 Å². The molecule has 0 atom stereocenters. The van der Waals surface area contributed by atoms with Gasteiger partial charge < -0.3 is 0 Å². The topological polar surface area (TPSA) is 23.8 Å². The van der Waals surface area contributed by atoms with E-state index in [0.717, 1.165) is 5.56 Å². The van der Waals surface area contributed by atoms with Crippen LogP contribution >= 0.6 is 0 Å². The van der Waals surface area contributed by atoms with Crippen LogP contribution in [0.5, 0.6) is 0 Å². The second-order valence-electron chi connectivity index (χ2n) is 5.61. The van der Waals surface area contributed by atoms with Crippen LogP contribution in [0.15, 0.2) is 12.1 Å². The van der Waals surface area contributed by atoms with Crippen LogP contribution in [-0.4, -0.2) is 0 Å². The zero-order chi connectivity index (χ0) is 13.2. The third kappa shape index (κ3) is 2.69. The first-order valence-corrected chi connectivity index (χ1v) is 6.46. The minimum atomic E-state index is 0.403. The van der Waals surface area contributed by atoms with Crippen LogP contribution in [0.4, 0.5) is 0 Å². The van der Waals surface area contributed by atoms with Crippen molar-refractivity contribution in [1.29, 1.82) is 5.26 Å². The van der Waals surface area contributed by atoms with Gasteiger partial charge >= 0.3 is 0 Å². The lowest BCUT2D eigenvalue weighted by Crippen LogP contribution is -2.07. The molecule has 0 amide bonds. The summed E-state index contributed by atoms with van der Waals surface area (Å²) >= 11 is 0. The van der Waals surface area contributed by atoms with Gasteiger partial charge in [0.25, 0.3) is 0 Å². The Hall–Kier alpha value is -1.29. The maximum absolute atomic E-state index is 9.25. The van der Waals surface area contributed by atoms with E-state index in [2.05, 4.69) is 53.7 Å². The fourth-order valence-corrected chi connectivity index (χ4v) is 2.52. The third-order valence-electron chi connectivity index (χ3n) is 3.22. The monoisotopic (exact) mass is 229 g/mol. The van der Waals surface area contributed by atoms with Crippen molar-refractivity contribution < 1.29 is 0 Å². The van der Waals surface area contributed by atoms with E-state index < -0.39 is 0 Å². The minimum Gasteiger partial charge on any atom is -0.192 e. The summed E-state index contributed by atoms with van der Waals surface area (Å²) in [5, 5.41) is 9.25. The molecule has 0 aromatic heterocycles. The number of hydrogen-bond acceptors (Lipinski definition) is 1. The first-order valence-electron chi connectivity index (χ1n) is 6.46. The first-order chi connectivity index (χ1) is 7.90. The van der Waals surface area contributed by atoms with Crippen molar-refractivity contribution in [3.05, 3.63) is 34.4 Å². The molecule has 0 fully saturated rings. The largest absolute Gasteiger partial charge is 0.192 e. The average molecular weight is 229 g/mol. The van der Waals surface area contributed by atoms with Crippen LogP contribution < -0.4 is 0 Å². The third-order valence-corrected chi connectivity index (χ3v) is 3.22. The van der Waals surface area contributed by atoms with Crippen molar-refractivity contribution in [3.8, 4) is 6.07 Å². The molecule has 1 aromatic carbocycles. The Morgan fingerprint density at radius 3 is 1.71 bits per heavy atom. The molecule has 1 aromatic rings. The highest BCUT2D eigenvalue weighted by atomic mass is 14.3. The van der Waals surface area contributed by atoms with Crippen LogP contribution in [0.3, 0.4) is 0 Å². The van der Waals surface area contributed by atoms with Crippen molar-refractivity contribution in [3.63, 3.8) is 0 Å². The summed E-state index contributed by atoms with van der Waals surface area (Å²) < 4.78 is 0. The van der Waals surface area contributed by atoms with Crippen LogP contribution in [0.1, 0.15) is 81.5 Å². The molecule has 0 aliphatic rings. The number of rotatable bonds is 3. The highest BCUT2D eigenvalue weighted by molar-refractivity contribution is 5.50. The molecule has 0 saturated carbocycles. The SMILES string of the molecule is CC(C)c1ccc(C#N)c(C(C)C)c1C(C)C. The molecule has 0 radical (unpaired) electrons. The maximum Gasteiger partial charge on any atom is 0.0994 e. The summed E-state index contributed by atoms with van der Waals surface area (Å²) in [4.78, 5) is 0. The van der Waals surface area contributed by atoms with Gasteiger partial charge in [0.1, 0.15) is 0 Å². The Labute approximate surface area is 105 Å². The normalized spacial score (nSPS) is 11.3. The molecule has 1 rings (SSSR count). The van der Waals surface area contributed by atoms with Crippen molar-refractivity contribution >= 4 is 0 Å². The van der Waals surface area contributed by atoms with Crippen LogP contribution in [0.2, 0.25) is 0 Å². The Balaban J connectivity index is 3.61. The fourth-order valence-electron chi connectivity index (χ4n) is 2.52. The van der Waals surface area contributed by atoms with Gasteiger partial charge in [0, 0.05) is 0 Å². The van der Waals surface area contributed by atoms with Gasteiger partial charge in [0.2, 0.25) is 0 Å². The molecule has 0 saturated heterocycles. The van der Waals surface area contributed by atoms with Crippen molar-refractivity contribution in [2.45, 2.75) is 59.3 Å². The van der Waals surface area contributed by atoms with E-state index in [9.17, 15) is 5.26 Å². The zero-order valence-electron chi connectivity index (χ0n) is 11.8. The van der Waals surface area contributed by atoms with Crippen LogP contribution in [0, 0.1) is 11.3 Å². The minimum absolute atomic E-state index is 0.403. The summed E-state index contributed by atoms with van der Waals surface area (Å²) in [5.74, 6) is 1.39. The molecular weight excluding hydrogens is 206 g/mol. The number of hydrogen-bond donors (Lipinski definition) is 0. The van der Waals surface area contributed by atoms with E-state index in [-0.39, 0.29) is 0 Å². The predicted molar refractivity (Wildman–Crippen MR) is 73.4 cm³/mol. The first kappa shape index (κ1) is 13.8. The molecule has 0 bridgehead atoms. The van der Waals surface area contributed by atoms with Gasteiger partial charge in [0.05, 0.1) is 11.6 Å². The summed E-state index contributed by atoms with van der Waals surface area (Å²) in [6.07, 6.45) is 0. The second kappa shape index (κ2) is 5.36. The lowest BCUT2D eigenvalue weighted by molar-refractivity contribution is 0.746. The molecule has 1 heteroatoms. The Morgan fingerprint density at radius 2 is 1.35 bits per heavy atom. The molecule has 17 heavy (non-hydrogen) atoms. The summed E-state index contributed by atoms with van der Waals surface area (Å²) in [7, 11) is 0. The number of nitriles is 1. The molecule has 1 nitrogen and oxygen atoms in total. The number of benzene rings is 1. The van der Waals surface area contributed by atoms with E-state index in [1.54, 1.807) is 0 Å². The van der Waals surface area contributed by atoms with Crippen molar-refractivity contribution in [2.75, 3.05) is 0 Å². The lowest BCUT2D eigenvalue weighted by atomic mass is 9.81. The Morgan fingerprint density at radius 1 is 0.824 bits per heavy atom. The molecule has 0 spiro atoms. The predicted octanol–water partition coefficient (Wildman–Crippen LogP) is 4.93. The van der Waals surface area contributed by atoms with Crippen LogP contribution in [0.25, 0.3) is 0 Å². The quantitative estimate of drug-likeness (QED) is 0.721. The molecular formula is C16H23N. The fraction of sp³-hybridized carbons (Fsp3) is 0.562. The molecule has 0 unspecified atom stereocenters. The summed E-state index contributed by atoms with van der Waals surface area (Å²) in [6.45, 7) is 13.2. The average Bonchev–Trinajstić information content (AvgIpc) is 2.26. The number of nitrogens with zero attached hydrogens (tertiary/aromatic N) is 1. The summed E-state index contributed by atoms with van der Waals surface area (Å²) in [5.41, 5.74) is 4.86. The lowest BCUT2D eigenvalue weighted by Gasteiger charge is -2.23. The summed E-state index contributed by atoms with van der Waals surface area (Å²) in [6, 6.07) is 6.45. The van der Waals surface area contributed by atoms with Gasteiger partial charge in [-0.3, -0.25) is 0 Å². The van der Waals surface area contributed by atoms with E-state index in [1.165, 1.54) is 16.7 Å². The second-order valence-corrected chi connectivity index (χ2v) is 5.61.